The van der Waals surface area contributed by atoms with Gasteiger partial charge in [-0.25, -0.2) is 4.39 Å². The number of aromatic hydroxyl groups is 1. The van der Waals surface area contributed by atoms with Gasteiger partial charge in [-0.15, -0.1) is 0 Å². The standard InChI is InChI=1S/C12H9BrFNO3/c13-11-10(16)4-5-15(12(11)17)18-7-8-2-1-3-9(14)6-8/h1-6,16H,7H2. The van der Waals surface area contributed by atoms with E-state index in [0.29, 0.717) is 5.56 Å². The van der Waals surface area contributed by atoms with Crippen LogP contribution in [0.2, 0.25) is 0 Å². The van der Waals surface area contributed by atoms with Crippen molar-refractivity contribution in [3.05, 3.63) is 62.7 Å². The summed E-state index contributed by atoms with van der Waals surface area (Å²) in [7, 11) is 0. The maximum absolute atomic E-state index is 12.9. The van der Waals surface area contributed by atoms with Crippen LogP contribution in [0.3, 0.4) is 0 Å². The van der Waals surface area contributed by atoms with Crippen molar-refractivity contribution < 1.29 is 14.3 Å². The Morgan fingerprint density at radius 2 is 2.17 bits per heavy atom. The molecule has 0 aliphatic carbocycles. The monoisotopic (exact) mass is 313 g/mol. The van der Waals surface area contributed by atoms with Crippen LogP contribution in [0.5, 0.6) is 5.75 Å². The molecular formula is C12H9BrFNO3. The molecule has 94 valence electrons. The number of pyridine rings is 1. The summed E-state index contributed by atoms with van der Waals surface area (Å²) >= 11 is 2.94. The molecule has 0 spiro atoms. The number of halogens is 2. The molecule has 0 amide bonds. The molecule has 2 rings (SSSR count). The van der Waals surface area contributed by atoms with Gasteiger partial charge >= 0.3 is 5.56 Å². The van der Waals surface area contributed by atoms with E-state index >= 15 is 0 Å². The summed E-state index contributed by atoms with van der Waals surface area (Å²) < 4.78 is 13.9. The lowest BCUT2D eigenvalue weighted by Crippen LogP contribution is -2.26. The zero-order chi connectivity index (χ0) is 13.1. The zero-order valence-corrected chi connectivity index (χ0v) is 10.7. The highest BCUT2D eigenvalue weighted by atomic mass is 79.9. The number of aromatic nitrogens is 1. The molecule has 0 bridgehead atoms. The molecule has 6 heteroatoms. The molecule has 0 saturated heterocycles. The highest BCUT2D eigenvalue weighted by Gasteiger charge is 2.06. The Balaban J connectivity index is 2.16. The van der Waals surface area contributed by atoms with E-state index < -0.39 is 5.56 Å². The van der Waals surface area contributed by atoms with Crippen LogP contribution in [0.15, 0.2) is 45.8 Å². The van der Waals surface area contributed by atoms with Crippen molar-refractivity contribution in [2.24, 2.45) is 0 Å². The summed E-state index contributed by atoms with van der Waals surface area (Å²) in [6.07, 6.45) is 1.29. The van der Waals surface area contributed by atoms with E-state index in [1.807, 2.05) is 0 Å². The third kappa shape index (κ3) is 2.70. The van der Waals surface area contributed by atoms with Gasteiger partial charge in [0.2, 0.25) is 0 Å². The molecule has 0 unspecified atom stereocenters. The van der Waals surface area contributed by atoms with Crippen LogP contribution in [0.25, 0.3) is 0 Å². The second-order valence-electron chi connectivity index (χ2n) is 3.55. The number of benzene rings is 1. The van der Waals surface area contributed by atoms with Crippen molar-refractivity contribution in [1.82, 2.24) is 4.73 Å². The Hall–Kier alpha value is -1.82. The number of hydrogen-bond donors (Lipinski definition) is 1. The fourth-order valence-electron chi connectivity index (χ4n) is 1.36. The van der Waals surface area contributed by atoms with Gasteiger partial charge in [-0.05, 0) is 33.6 Å². The first-order valence-electron chi connectivity index (χ1n) is 5.06. The SMILES string of the molecule is O=c1c(Br)c(O)ccn1OCc1cccc(F)c1. The lowest BCUT2D eigenvalue weighted by Gasteiger charge is -2.09. The van der Waals surface area contributed by atoms with Crippen molar-refractivity contribution in [2.45, 2.75) is 6.61 Å². The minimum Gasteiger partial charge on any atom is -0.506 e. The van der Waals surface area contributed by atoms with Gasteiger partial charge in [0.25, 0.3) is 0 Å². The molecule has 1 heterocycles. The van der Waals surface area contributed by atoms with Gasteiger partial charge in [-0.1, -0.05) is 12.1 Å². The summed E-state index contributed by atoms with van der Waals surface area (Å²) in [5.41, 5.74) is 0.0810. The first kappa shape index (κ1) is 12.6. The summed E-state index contributed by atoms with van der Waals surface area (Å²) in [6.45, 7) is 0.0505. The summed E-state index contributed by atoms with van der Waals surface area (Å²) in [4.78, 5) is 16.8. The predicted octanol–water partition coefficient (Wildman–Crippen LogP) is 2.08. The number of hydrogen-bond acceptors (Lipinski definition) is 3. The molecule has 1 aromatic carbocycles. The molecule has 1 N–H and O–H groups in total. The fraction of sp³-hybridized carbons (Fsp3) is 0.0833. The van der Waals surface area contributed by atoms with Gasteiger partial charge in [-0.2, -0.15) is 4.73 Å². The third-order valence-electron chi connectivity index (χ3n) is 2.24. The molecule has 0 atom stereocenters. The second kappa shape index (κ2) is 5.22. The quantitative estimate of drug-likeness (QED) is 0.944. The van der Waals surface area contributed by atoms with Crippen molar-refractivity contribution in [3.63, 3.8) is 0 Å². The van der Waals surface area contributed by atoms with Crippen LogP contribution in [0.4, 0.5) is 4.39 Å². The lowest BCUT2D eigenvalue weighted by molar-refractivity contribution is 0.0879. The predicted molar refractivity (Wildman–Crippen MR) is 66.8 cm³/mol. The van der Waals surface area contributed by atoms with E-state index in [0.717, 1.165) is 4.73 Å². The highest BCUT2D eigenvalue weighted by molar-refractivity contribution is 9.10. The van der Waals surface area contributed by atoms with Crippen molar-refractivity contribution in [1.29, 1.82) is 0 Å². The number of nitrogens with zero attached hydrogens (tertiary/aromatic N) is 1. The Bertz CT molecular complexity index is 627. The Morgan fingerprint density at radius 1 is 1.39 bits per heavy atom. The average molecular weight is 314 g/mol. The van der Waals surface area contributed by atoms with Crippen LogP contribution in [0, 0.1) is 5.82 Å². The van der Waals surface area contributed by atoms with Gasteiger partial charge in [0, 0.05) is 6.07 Å². The van der Waals surface area contributed by atoms with E-state index in [2.05, 4.69) is 15.9 Å². The minimum absolute atomic E-state index is 0.0178. The van der Waals surface area contributed by atoms with E-state index in [1.165, 1.54) is 24.4 Å². The molecule has 0 saturated carbocycles. The topological polar surface area (TPSA) is 51.5 Å². The third-order valence-corrected chi connectivity index (χ3v) is 2.99. The molecule has 0 radical (unpaired) electrons. The fourth-order valence-corrected chi connectivity index (χ4v) is 1.66. The van der Waals surface area contributed by atoms with E-state index in [9.17, 15) is 14.3 Å². The Morgan fingerprint density at radius 3 is 2.89 bits per heavy atom. The Labute approximate surface area is 110 Å². The maximum atomic E-state index is 12.9. The van der Waals surface area contributed by atoms with Gasteiger partial charge < -0.3 is 9.94 Å². The highest BCUT2D eigenvalue weighted by Crippen LogP contribution is 2.17. The summed E-state index contributed by atoms with van der Waals surface area (Å²) in [6, 6.07) is 7.21. The van der Waals surface area contributed by atoms with Gasteiger partial charge in [-0.3, -0.25) is 4.79 Å². The summed E-state index contributed by atoms with van der Waals surface area (Å²) in [5, 5.41) is 9.28. The Kier molecular flexibility index (Phi) is 3.66. The first-order valence-corrected chi connectivity index (χ1v) is 5.85. The van der Waals surface area contributed by atoms with E-state index in [4.69, 9.17) is 4.84 Å². The van der Waals surface area contributed by atoms with Gasteiger partial charge in [0.1, 0.15) is 22.6 Å². The van der Waals surface area contributed by atoms with Crippen LogP contribution >= 0.6 is 15.9 Å². The van der Waals surface area contributed by atoms with Crippen molar-refractivity contribution >= 4 is 15.9 Å². The van der Waals surface area contributed by atoms with E-state index in [-0.39, 0.29) is 22.6 Å². The van der Waals surface area contributed by atoms with Crippen LogP contribution in [-0.4, -0.2) is 9.84 Å². The molecular weight excluding hydrogens is 305 g/mol. The molecule has 0 aliphatic rings. The molecule has 1 aromatic heterocycles. The molecule has 0 fully saturated rings. The van der Waals surface area contributed by atoms with Crippen LogP contribution in [-0.2, 0) is 6.61 Å². The lowest BCUT2D eigenvalue weighted by atomic mass is 10.2. The zero-order valence-electron chi connectivity index (χ0n) is 9.14. The van der Waals surface area contributed by atoms with Crippen molar-refractivity contribution in [2.75, 3.05) is 0 Å². The van der Waals surface area contributed by atoms with Crippen molar-refractivity contribution in [3.8, 4) is 5.75 Å². The van der Waals surface area contributed by atoms with Crippen LogP contribution < -0.4 is 10.4 Å². The largest absolute Gasteiger partial charge is 0.506 e. The molecule has 0 aliphatic heterocycles. The van der Waals surface area contributed by atoms with E-state index in [1.54, 1.807) is 12.1 Å². The van der Waals surface area contributed by atoms with Crippen LogP contribution in [0.1, 0.15) is 5.56 Å². The average Bonchev–Trinajstić information content (AvgIpc) is 2.35. The smallest absolute Gasteiger partial charge is 0.301 e. The maximum Gasteiger partial charge on any atom is 0.301 e. The number of rotatable bonds is 3. The second-order valence-corrected chi connectivity index (χ2v) is 4.34. The summed E-state index contributed by atoms with van der Waals surface area (Å²) in [5.74, 6) is -0.527. The first-order chi connectivity index (χ1) is 8.58. The minimum atomic E-state index is -0.522. The van der Waals surface area contributed by atoms with Gasteiger partial charge in [0.05, 0.1) is 6.20 Å². The normalized spacial score (nSPS) is 10.3. The molecule has 18 heavy (non-hydrogen) atoms. The molecule has 4 nitrogen and oxygen atoms in total. The van der Waals surface area contributed by atoms with Gasteiger partial charge in [0.15, 0.2) is 0 Å². The molecule has 2 aromatic rings.